The number of nitriles is 1. The lowest BCUT2D eigenvalue weighted by Gasteiger charge is -2.28. The lowest BCUT2D eigenvalue weighted by molar-refractivity contribution is -0.383. The Bertz CT molecular complexity index is 844. The summed E-state index contributed by atoms with van der Waals surface area (Å²) >= 11 is 0. The van der Waals surface area contributed by atoms with Gasteiger partial charge in [0.05, 0.1) is 24.3 Å². The van der Waals surface area contributed by atoms with Gasteiger partial charge in [0.15, 0.2) is 11.4 Å². The summed E-state index contributed by atoms with van der Waals surface area (Å²) in [5, 5.41) is 32.4. The first-order valence-electron chi connectivity index (χ1n) is 7.43. The van der Waals surface area contributed by atoms with Crippen LogP contribution in [0.3, 0.4) is 0 Å². The van der Waals surface area contributed by atoms with Gasteiger partial charge in [0.25, 0.3) is 5.69 Å². The van der Waals surface area contributed by atoms with Crippen LogP contribution in [0.1, 0.15) is 5.69 Å². The van der Waals surface area contributed by atoms with Crippen LogP contribution in [-0.4, -0.2) is 46.3 Å². The average molecular weight is 342 g/mol. The molecule has 0 radical (unpaired) electrons. The third kappa shape index (κ3) is 3.56. The minimum Gasteiger partial charge on any atom is -0.504 e. The van der Waals surface area contributed by atoms with E-state index in [1.165, 1.54) is 6.07 Å². The molecule has 2 N–H and O–H groups in total. The Labute approximate surface area is 142 Å². The van der Waals surface area contributed by atoms with Crippen molar-refractivity contribution in [1.82, 2.24) is 9.97 Å². The fourth-order valence-electron chi connectivity index (χ4n) is 2.43. The second-order valence-corrected chi connectivity index (χ2v) is 5.22. The molecule has 0 aliphatic carbocycles. The highest BCUT2D eigenvalue weighted by molar-refractivity contribution is 5.72. The van der Waals surface area contributed by atoms with E-state index in [0.29, 0.717) is 26.3 Å². The summed E-state index contributed by atoms with van der Waals surface area (Å²) in [5.74, 6) is -0.373. The quantitative estimate of drug-likeness (QED) is 0.626. The fourth-order valence-corrected chi connectivity index (χ4v) is 2.43. The van der Waals surface area contributed by atoms with Gasteiger partial charge in [-0.05, 0) is 12.1 Å². The summed E-state index contributed by atoms with van der Waals surface area (Å²) in [5.41, 5.74) is 0.561. The predicted molar refractivity (Wildman–Crippen MR) is 87.8 cm³/mol. The number of aromatic hydroxyl groups is 1. The van der Waals surface area contributed by atoms with Crippen LogP contribution in [0.15, 0.2) is 24.4 Å². The van der Waals surface area contributed by atoms with Gasteiger partial charge in [0.1, 0.15) is 11.8 Å². The molecule has 2 aromatic rings. The van der Waals surface area contributed by atoms with E-state index in [1.807, 2.05) is 4.90 Å². The van der Waals surface area contributed by atoms with Crippen molar-refractivity contribution in [2.45, 2.75) is 0 Å². The first-order valence-corrected chi connectivity index (χ1v) is 7.43. The molecule has 0 bridgehead atoms. The van der Waals surface area contributed by atoms with Gasteiger partial charge in [0, 0.05) is 24.8 Å². The molecule has 0 unspecified atom stereocenters. The second kappa shape index (κ2) is 6.98. The molecule has 0 saturated carbocycles. The van der Waals surface area contributed by atoms with Crippen LogP contribution in [0.5, 0.6) is 5.75 Å². The van der Waals surface area contributed by atoms with Gasteiger partial charge in [-0.2, -0.15) is 10.2 Å². The SMILES string of the molecule is N#Cc1nc(Nc2ccc(N3CCOCC3)cc2[N+](=O)[O-])ncc1O. The van der Waals surface area contributed by atoms with Crippen LogP contribution in [-0.2, 0) is 4.74 Å². The Hall–Kier alpha value is -3.45. The number of nitrogens with one attached hydrogen (secondary N) is 1. The second-order valence-electron chi connectivity index (χ2n) is 5.22. The zero-order valence-corrected chi connectivity index (χ0v) is 13.0. The molecule has 2 heterocycles. The van der Waals surface area contributed by atoms with Gasteiger partial charge >= 0.3 is 0 Å². The third-order valence-electron chi connectivity index (χ3n) is 3.68. The monoisotopic (exact) mass is 342 g/mol. The molecule has 128 valence electrons. The zero-order chi connectivity index (χ0) is 17.8. The predicted octanol–water partition coefficient (Wildman–Crippen LogP) is 1.54. The summed E-state index contributed by atoms with van der Waals surface area (Å²) in [4.78, 5) is 20.6. The van der Waals surface area contributed by atoms with E-state index in [-0.39, 0.29) is 28.8 Å². The fraction of sp³-hybridized carbons (Fsp3) is 0.267. The number of aromatic nitrogens is 2. The normalized spacial score (nSPS) is 14.0. The molecule has 3 rings (SSSR count). The number of hydrogen-bond donors (Lipinski definition) is 2. The van der Waals surface area contributed by atoms with Crippen molar-refractivity contribution in [1.29, 1.82) is 5.26 Å². The molecule has 25 heavy (non-hydrogen) atoms. The first-order chi connectivity index (χ1) is 12.1. The smallest absolute Gasteiger partial charge is 0.294 e. The molecule has 0 amide bonds. The first kappa shape index (κ1) is 16.4. The number of nitro groups is 1. The Morgan fingerprint density at radius 3 is 2.84 bits per heavy atom. The number of ether oxygens (including phenoxy) is 1. The molecular weight excluding hydrogens is 328 g/mol. The molecular formula is C15H14N6O4. The van der Waals surface area contributed by atoms with Gasteiger partial charge in [-0.25, -0.2) is 4.98 Å². The summed E-state index contributed by atoms with van der Waals surface area (Å²) in [6.07, 6.45) is 1.06. The minimum atomic E-state index is -0.502. The number of nitro benzene ring substituents is 1. The van der Waals surface area contributed by atoms with Crippen molar-refractivity contribution in [2.75, 3.05) is 36.5 Å². The molecule has 1 fully saturated rings. The maximum atomic E-state index is 11.4. The van der Waals surface area contributed by atoms with Crippen molar-refractivity contribution >= 4 is 23.0 Å². The number of rotatable bonds is 4. The van der Waals surface area contributed by atoms with Crippen molar-refractivity contribution in [3.8, 4) is 11.8 Å². The average Bonchev–Trinajstić information content (AvgIpc) is 2.64. The molecule has 1 aliphatic heterocycles. The van der Waals surface area contributed by atoms with Crippen molar-refractivity contribution in [2.24, 2.45) is 0 Å². The molecule has 10 nitrogen and oxygen atoms in total. The van der Waals surface area contributed by atoms with E-state index < -0.39 is 4.92 Å². The lowest BCUT2D eigenvalue weighted by atomic mass is 10.2. The third-order valence-corrected chi connectivity index (χ3v) is 3.68. The lowest BCUT2D eigenvalue weighted by Crippen LogP contribution is -2.36. The van der Waals surface area contributed by atoms with E-state index in [2.05, 4.69) is 15.3 Å². The highest BCUT2D eigenvalue weighted by Crippen LogP contribution is 2.31. The number of anilines is 3. The Morgan fingerprint density at radius 1 is 1.40 bits per heavy atom. The largest absolute Gasteiger partial charge is 0.504 e. The van der Waals surface area contributed by atoms with Gasteiger partial charge in [0.2, 0.25) is 5.95 Å². The van der Waals surface area contributed by atoms with Crippen LogP contribution < -0.4 is 10.2 Å². The molecule has 0 atom stereocenters. The zero-order valence-electron chi connectivity index (χ0n) is 13.0. The van der Waals surface area contributed by atoms with E-state index in [1.54, 1.807) is 18.2 Å². The molecule has 1 aromatic heterocycles. The van der Waals surface area contributed by atoms with Crippen molar-refractivity contribution < 1.29 is 14.8 Å². The Morgan fingerprint density at radius 2 is 2.16 bits per heavy atom. The highest BCUT2D eigenvalue weighted by Gasteiger charge is 2.20. The minimum absolute atomic E-state index is 0.0171. The van der Waals surface area contributed by atoms with E-state index in [0.717, 1.165) is 11.9 Å². The van der Waals surface area contributed by atoms with E-state index in [9.17, 15) is 15.2 Å². The van der Waals surface area contributed by atoms with Crippen LogP contribution in [0, 0.1) is 21.4 Å². The number of morpholine rings is 1. The van der Waals surface area contributed by atoms with Gasteiger partial charge in [-0.3, -0.25) is 10.1 Å². The van der Waals surface area contributed by atoms with Crippen LogP contribution in [0.2, 0.25) is 0 Å². The Kier molecular flexibility index (Phi) is 4.58. The summed E-state index contributed by atoms with van der Waals surface area (Å²) in [6, 6.07) is 6.51. The van der Waals surface area contributed by atoms with Crippen LogP contribution in [0.25, 0.3) is 0 Å². The molecule has 1 aliphatic rings. The van der Waals surface area contributed by atoms with E-state index in [4.69, 9.17) is 10.00 Å². The standard InChI is InChI=1S/C15H14N6O4/c16-8-12-14(22)9-17-15(19-12)18-11-2-1-10(7-13(11)21(23)24)20-3-5-25-6-4-20/h1-2,7,9,22H,3-6H2,(H,17,18,19). The Balaban J connectivity index is 1.90. The van der Waals surface area contributed by atoms with Gasteiger partial charge in [-0.15, -0.1) is 0 Å². The molecule has 0 spiro atoms. The number of nitrogens with zero attached hydrogens (tertiary/aromatic N) is 5. The summed E-state index contributed by atoms with van der Waals surface area (Å²) < 4.78 is 5.28. The topological polar surface area (TPSA) is 137 Å². The molecule has 1 saturated heterocycles. The summed E-state index contributed by atoms with van der Waals surface area (Å²) in [6.45, 7) is 2.48. The van der Waals surface area contributed by atoms with Crippen molar-refractivity contribution in [3.05, 3.63) is 40.2 Å². The summed E-state index contributed by atoms with van der Waals surface area (Å²) in [7, 11) is 0. The van der Waals surface area contributed by atoms with E-state index >= 15 is 0 Å². The maximum Gasteiger partial charge on any atom is 0.294 e. The van der Waals surface area contributed by atoms with Crippen molar-refractivity contribution in [3.63, 3.8) is 0 Å². The molecule has 1 aromatic carbocycles. The van der Waals surface area contributed by atoms with Gasteiger partial charge < -0.3 is 20.1 Å². The van der Waals surface area contributed by atoms with Crippen LogP contribution >= 0.6 is 0 Å². The molecule has 10 heteroatoms. The maximum absolute atomic E-state index is 11.4. The number of hydrogen-bond acceptors (Lipinski definition) is 9. The highest BCUT2D eigenvalue weighted by atomic mass is 16.6. The number of benzene rings is 1. The van der Waals surface area contributed by atoms with Gasteiger partial charge in [-0.1, -0.05) is 0 Å². The van der Waals surface area contributed by atoms with Crippen LogP contribution in [0.4, 0.5) is 23.0 Å².